The lowest BCUT2D eigenvalue weighted by atomic mass is 10.1. The second-order valence-corrected chi connectivity index (χ2v) is 8.32. The lowest BCUT2D eigenvalue weighted by Gasteiger charge is -2.17. The molecule has 1 amide bonds. The molecule has 1 heterocycles. The molecule has 0 aliphatic heterocycles. The first-order valence-electron chi connectivity index (χ1n) is 10.2. The first-order chi connectivity index (χ1) is 16.0. The maximum atomic E-state index is 13.2. The summed E-state index contributed by atoms with van der Waals surface area (Å²) in [5.41, 5.74) is 3.89. The van der Waals surface area contributed by atoms with E-state index in [9.17, 15) is 14.0 Å². The average molecular weight is 464 g/mol. The molecule has 0 fully saturated rings. The zero-order valence-corrected chi connectivity index (χ0v) is 19.0. The van der Waals surface area contributed by atoms with Gasteiger partial charge < -0.3 is 14.2 Å². The number of hydrogen-bond acceptors (Lipinski definition) is 5. The highest BCUT2D eigenvalue weighted by molar-refractivity contribution is 7.99. The molecule has 4 aromatic rings. The smallest absolute Gasteiger partial charge is 0.337 e. The summed E-state index contributed by atoms with van der Waals surface area (Å²) in [4.78, 5) is 30.7. The van der Waals surface area contributed by atoms with Gasteiger partial charge in [0.05, 0.1) is 36.0 Å². The predicted octanol–water partition coefficient (Wildman–Crippen LogP) is 4.77. The molecule has 4 rings (SSSR count). The lowest BCUT2D eigenvalue weighted by molar-refractivity contribution is -0.115. The van der Waals surface area contributed by atoms with Gasteiger partial charge in [0.1, 0.15) is 5.82 Å². The van der Waals surface area contributed by atoms with E-state index < -0.39 is 0 Å². The molecule has 168 valence electrons. The van der Waals surface area contributed by atoms with Crippen molar-refractivity contribution in [3.8, 4) is 0 Å². The number of thioether (sulfide) groups is 1. The number of esters is 1. The van der Waals surface area contributed by atoms with Gasteiger partial charge >= 0.3 is 5.97 Å². The Kier molecular flexibility index (Phi) is 6.74. The summed E-state index contributed by atoms with van der Waals surface area (Å²) in [6.45, 7) is 0.534. The zero-order valence-electron chi connectivity index (χ0n) is 18.2. The molecule has 0 N–H and O–H groups in total. The zero-order chi connectivity index (χ0) is 23.4. The lowest BCUT2D eigenvalue weighted by Crippen LogP contribution is -2.28. The quantitative estimate of drug-likeness (QED) is 0.292. The van der Waals surface area contributed by atoms with Crippen molar-refractivity contribution >= 4 is 40.4 Å². The van der Waals surface area contributed by atoms with Crippen LogP contribution in [0.3, 0.4) is 0 Å². The average Bonchev–Trinajstić information content (AvgIpc) is 3.19. The summed E-state index contributed by atoms with van der Waals surface area (Å²) in [5.74, 6) is -0.664. The van der Waals surface area contributed by atoms with Gasteiger partial charge in [-0.05, 0) is 54.1 Å². The normalized spacial score (nSPS) is 10.9. The van der Waals surface area contributed by atoms with Crippen molar-refractivity contribution in [1.82, 2.24) is 9.55 Å². The van der Waals surface area contributed by atoms with Gasteiger partial charge in [-0.3, -0.25) is 4.79 Å². The Hall–Kier alpha value is -3.65. The minimum Gasteiger partial charge on any atom is -0.465 e. The minimum atomic E-state index is -0.380. The number of hydrogen-bond donors (Lipinski definition) is 0. The van der Waals surface area contributed by atoms with Crippen LogP contribution in [0.2, 0.25) is 0 Å². The van der Waals surface area contributed by atoms with Crippen molar-refractivity contribution in [1.29, 1.82) is 0 Å². The maximum absolute atomic E-state index is 13.2. The molecule has 0 aliphatic carbocycles. The molecule has 6 nitrogen and oxygen atoms in total. The number of imidazole rings is 1. The molecule has 8 heteroatoms. The Bertz CT molecular complexity index is 1290. The number of carbonyl (C=O) groups excluding carboxylic acids is 2. The fourth-order valence-electron chi connectivity index (χ4n) is 3.39. The minimum absolute atomic E-state index is 0.118. The molecule has 1 aromatic heterocycles. The van der Waals surface area contributed by atoms with Crippen LogP contribution in [0.25, 0.3) is 11.0 Å². The molecule has 0 bridgehead atoms. The first kappa shape index (κ1) is 22.5. The Morgan fingerprint density at radius 3 is 2.42 bits per heavy atom. The summed E-state index contributed by atoms with van der Waals surface area (Å²) in [7, 11) is 3.02. The van der Waals surface area contributed by atoms with Gasteiger partial charge in [0.15, 0.2) is 5.16 Å². The fourth-order valence-corrected chi connectivity index (χ4v) is 4.32. The van der Waals surface area contributed by atoms with E-state index in [0.29, 0.717) is 23.0 Å². The van der Waals surface area contributed by atoms with E-state index in [1.165, 1.54) is 35.9 Å². The number of amides is 1. The maximum Gasteiger partial charge on any atom is 0.337 e. The van der Waals surface area contributed by atoms with Crippen LogP contribution in [0.1, 0.15) is 15.9 Å². The van der Waals surface area contributed by atoms with E-state index in [0.717, 1.165) is 16.6 Å². The van der Waals surface area contributed by atoms with Gasteiger partial charge in [-0.15, -0.1) is 0 Å². The number of aromatic nitrogens is 2. The number of halogens is 1. The highest BCUT2D eigenvalue weighted by atomic mass is 32.2. The van der Waals surface area contributed by atoms with Crippen molar-refractivity contribution in [3.05, 3.63) is 89.7 Å². The van der Waals surface area contributed by atoms with E-state index >= 15 is 0 Å². The van der Waals surface area contributed by atoms with Crippen LogP contribution in [0.5, 0.6) is 0 Å². The van der Waals surface area contributed by atoms with Crippen molar-refractivity contribution in [2.45, 2.75) is 11.7 Å². The van der Waals surface area contributed by atoms with Crippen LogP contribution >= 0.6 is 11.8 Å². The van der Waals surface area contributed by atoms with E-state index in [2.05, 4.69) is 4.57 Å². The van der Waals surface area contributed by atoms with Crippen LogP contribution in [-0.4, -0.2) is 41.3 Å². The number of methoxy groups -OCH3 is 1. The first-order valence-corrected chi connectivity index (χ1v) is 11.2. The summed E-state index contributed by atoms with van der Waals surface area (Å²) in [6.07, 6.45) is 0. The fraction of sp³-hybridized carbons (Fsp3) is 0.160. The van der Waals surface area contributed by atoms with Gasteiger partial charge in [-0.2, -0.15) is 0 Å². The SMILES string of the molecule is COC(=O)c1ccc(Cn2c(SCC(=O)N(C)c3ccc(F)cc3)nc3ccccc32)cc1. The molecular formula is C25H22FN3O3S. The monoisotopic (exact) mass is 463 g/mol. The van der Waals surface area contributed by atoms with Gasteiger partial charge in [-0.25, -0.2) is 14.2 Å². The highest BCUT2D eigenvalue weighted by Gasteiger charge is 2.16. The van der Waals surface area contributed by atoms with Crippen molar-refractivity contribution < 1.29 is 18.7 Å². The largest absolute Gasteiger partial charge is 0.465 e. The van der Waals surface area contributed by atoms with Crippen LogP contribution in [-0.2, 0) is 16.1 Å². The summed E-state index contributed by atoms with van der Waals surface area (Å²) < 4.78 is 20.0. The van der Waals surface area contributed by atoms with Crippen molar-refractivity contribution in [2.24, 2.45) is 0 Å². The second kappa shape index (κ2) is 9.87. The van der Waals surface area contributed by atoms with Crippen molar-refractivity contribution in [2.75, 3.05) is 24.8 Å². The third kappa shape index (κ3) is 5.06. The van der Waals surface area contributed by atoms with Gasteiger partial charge in [0.25, 0.3) is 0 Å². The van der Waals surface area contributed by atoms with Gasteiger partial charge in [-0.1, -0.05) is 36.0 Å². The van der Waals surface area contributed by atoms with E-state index in [1.54, 1.807) is 31.3 Å². The molecule has 0 unspecified atom stereocenters. The Labute approximate surface area is 195 Å². The molecule has 0 saturated carbocycles. The number of anilines is 1. The molecule has 0 radical (unpaired) electrons. The predicted molar refractivity (Wildman–Crippen MR) is 127 cm³/mol. The topological polar surface area (TPSA) is 64.4 Å². The summed E-state index contributed by atoms with van der Waals surface area (Å²) in [6, 6.07) is 20.8. The standard InChI is InChI=1S/C25H22FN3O3S/c1-28(20-13-11-19(26)12-14-20)23(30)16-33-25-27-21-5-3-4-6-22(21)29(25)15-17-7-9-18(10-8-17)24(31)32-2/h3-14H,15-16H2,1-2H3. The summed E-state index contributed by atoms with van der Waals surface area (Å²) in [5, 5.41) is 0.717. The molecule has 0 atom stereocenters. The molecule has 33 heavy (non-hydrogen) atoms. The Morgan fingerprint density at radius 2 is 1.73 bits per heavy atom. The van der Waals surface area contributed by atoms with Gasteiger partial charge in [0.2, 0.25) is 5.91 Å². The Morgan fingerprint density at radius 1 is 1.03 bits per heavy atom. The third-order valence-electron chi connectivity index (χ3n) is 5.25. The van der Waals surface area contributed by atoms with Crippen LogP contribution < -0.4 is 4.90 Å². The number of nitrogens with zero attached hydrogens (tertiary/aromatic N) is 3. The molecule has 3 aromatic carbocycles. The van der Waals surface area contributed by atoms with E-state index in [-0.39, 0.29) is 23.4 Å². The number of fused-ring (bicyclic) bond motifs is 1. The molecule has 0 spiro atoms. The number of carbonyl (C=O) groups is 2. The van der Waals surface area contributed by atoms with Crippen LogP contribution in [0.4, 0.5) is 10.1 Å². The highest BCUT2D eigenvalue weighted by Crippen LogP contribution is 2.26. The third-order valence-corrected chi connectivity index (χ3v) is 6.21. The summed E-state index contributed by atoms with van der Waals surface area (Å²) >= 11 is 1.35. The Balaban J connectivity index is 1.54. The van der Waals surface area contributed by atoms with Crippen LogP contribution in [0, 0.1) is 5.82 Å². The molecule has 0 saturated heterocycles. The number of ether oxygens (including phenoxy) is 1. The number of para-hydroxylation sites is 2. The van der Waals surface area contributed by atoms with Gasteiger partial charge in [0, 0.05) is 12.7 Å². The van der Waals surface area contributed by atoms with Crippen LogP contribution in [0.15, 0.2) is 78.0 Å². The molecular weight excluding hydrogens is 441 g/mol. The van der Waals surface area contributed by atoms with E-state index in [4.69, 9.17) is 9.72 Å². The molecule has 0 aliphatic rings. The number of benzene rings is 3. The second-order valence-electron chi connectivity index (χ2n) is 7.38. The number of rotatable bonds is 7. The van der Waals surface area contributed by atoms with Crippen molar-refractivity contribution in [3.63, 3.8) is 0 Å². The van der Waals surface area contributed by atoms with E-state index in [1.807, 2.05) is 36.4 Å².